The van der Waals surface area contributed by atoms with Crippen LogP contribution >= 0.6 is 0 Å². The van der Waals surface area contributed by atoms with Crippen molar-refractivity contribution in [1.29, 1.82) is 5.26 Å². The standard InChI is InChI=1S/C17H17N3O3S/c1-2-19-17(21)14-9-7-13(8-10-14)12-20-24(22,23)16-6-4-3-5-15(16)11-18/h3-10,20H,2,12H2,1H3,(H,19,21). The van der Waals surface area contributed by atoms with Crippen LogP contribution in [0.15, 0.2) is 53.4 Å². The molecule has 0 aliphatic carbocycles. The molecule has 0 aliphatic heterocycles. The monoisotopic (exact) mass is 343 g/mol. The quantitative estimate of drug-likeness (QED) is 0.835. The zero-order valence-corrected chi connectivity index (χ0v) is 13.9. The van der Waals surface area contributed by atoms with Crippen LogP contribution < -0.4 is 10.0 Å². The first-order valence-corrected chi connectivity index (χ1v) is 8.82. The number of hydrogen-bond acceptors (Lipinski definition) is 4. The highest BCUT2D eigenvalue weighted by Gasteiger charge is 2.17. The van der Waals surface area contributed by atoms with Crippen molar-refractivity contribution in [2.45, 2.75) is 18.4 Å². The van der Waals surface area contributed by atoms with Gasteiger partial charge in [0.1, 0.15) is 6.07 Å². The van der Waals surface area contributed by atoms with Crippen LogP contribution in [0.25, 0.3) is 0 Å². The van der Waals surface area contributed by atoms with Crippen molar-refractivity contribution in [2.24, 2.45) is 0 Å². The normalized spacial score (nSPS) is 10.8. The molecule has 0 saturated carbocycles. The molecule has 0 heterocycles. The minimum absolute atomic E-state index is 0.0496. The van der Waals surface area contributed by atoms with Crippen molar-refractivity contribution in [3.05, 3.63) is 65.2 Å². The highest BCUT2D eigenvalue weighted by Crippen LogP contribution is 2.15. The van der Waals surface area contributed by atoms with Crippen molar-refractivity contribution in [3.63, 3.8) is 0 Å². The van der Waals surface area contributed by atoms with Crippen LogP contribution in [0.5, 0.6) is 0 Å². The van der Waals surface area contributed by atoms with Crippen molar-refractivity contribution < 1.29 is 13.2 Å². The fourth-order valence-electron chi connectivity index (χ4n) is 2.09. The first-order valence-electron chi connectivity index (χ1n) is 7.34. The summed E-state index contributed by atoms with van der Waals surface area (Å²) < 4.78 is 27.1. The molecule has 0 bridgehead atoms. The summed E-state index contributed by atoms with van der Waals surface area (Å²) >= 11 is 0. The Labute approximate surface area is 141 Å². The molecule has 0 radical (unpaired) electrons. The summed E-state index contributed by atoms with van der Waals surface area (Å²) in [5.74, 6) is -0.174. The summed E-state index contributed by atoms with van der Waals surface area (Å²) in [5.41, 5.74) is 1.32. The maximum absolute atomic E-state index is 12.3. The molecule has 0 aliphatic rings. The van der Waals surface area contributed by atoms with E-state index in [1.165, 1.54) is 12.1 Å². The lowest BCUT2D eigenvalue weighted by Crippen LogP contribution is -2.24. The first-order chi connectivity index (χ1) is 11.5. The van der Waals surface area contributed by atoms with E-state index in [2.05, 4.69) is 10.0 Å². The van der Waals surface area contributed by atoms with Gasteiger partial charge in [-0.05, 0) is 36.8 Å². The fourth-order valence-corrected chi connectivity index (χ4v) is 3.26. The summed E-state index contributed by atoms with van der Waals surface area (Å²) in [6.07, 6.45) is 0. The van der Waals surface area contributed by atoms with Gasteiger partial charge < -0.3 is 5.32 Å². The Kier molecular flexibility index (Phi) is 5.68. The van der Waals surface area contributed by atoms with Crippen molar-refractivity contribution >= 4 is 15.9 Å². The van der Waals surface area contributed by atoms with Crippen LogP contribution in [-0.4, -0.2) is 20.9 Å². The number of carbonyl (C=O) groups is 1. The Morgan fingerprint density at radius 2 is 1.79 bits per heavy atom. The third kappa shape index (κ3) is 4.19. The predicted octanol–water partition coefficient (Wildman–Crippen LogP) is 1.79. The second-order valence-corrected chi connectivity index (χ2v) is 6.72. The summed E-state index contributed by atoms with van der Waals surface area (Å²) in [5, 5.41) is 11.7. The molecule has 2 rings (SSSR count). The number of carbonyl (C=O) groups excluding carboxylic acids is 1. The van der Waals surface area contributed by atoms with E-state index in [4.69, 9.17) is 5.26 Å². The molecule has 0 fully saturated rings. The van der Waals surface area contributed by atoms with Gasteiger partial charge in [0.25, 0.3) is 5.91 Å². The minimum atomic E-state index is -3.79. The largest absolute Gasteiger partial charge is 0.352 e. The Balaban J connectivity index is 2.10. The topological polar surface area (TPSA) is 99.1 Å². The predicted molar refractivity (Wildman–Crippen MR) is 89.6 cm³/mol. The Bertz CT molecular complexity index is 869. The number of sulfonamides is 1. The molecule has 124 valence electrons. The summed E-state index contributed by atoms with van der Waals surface area (Å²) in [6, 6.07) is 14.5. The molecule has 2 aromatic carbocycles. The van der Waals surface area contributed by atoms with Crippen molar-refractivity contribution in [2.75, 3.05) is 6.54 Å². The van der Waals surface area contributed by atoms with Gasteiger partial charge in [0.05, 0.1) is 10.5 Å². The van der Waals surface area contributed by atoms with Crippen LogP contribution in [0.2, 0.25) is 0 Å². The number of nitriles is 1. The third-order valence-corrected chi connectivity index (χ3v) is 4.78. The average Bonchev–Trinajstić information content (AvgIpc) is 2.60. The molecule has 0 atom stereocenters. The zero-order valence-electron chi connectivity index (χ0n) is 13.1. The first kappa shape index (κ1) is 17.7. The molecule has 7 heteroatoms. The van der Waals surface area contributed by atoms with Gasteiger partial charge in [-0.15, -0.1) is 0 Å². The van der Waals surface area contributed by atoms with Gasteiger partial charge >= 0.3 is 0 Å². The Morgan fingerprint density at radius 1 is 1.12 bits per heavy atom. The van der Waals surface area contributed by atoms with Gasteiger partial charge in [0, 0.05) is 18.7 Å². The molecule has 2 aromatic rings. The number of hydrogen-bond donors (Lipinski definition) is 2. The number of nitrogens with one attached hydrogen (secondary N) is 2. The fraction of sp³-hybridized carbons (Fsp3) is 0.176. The smallest absolute Gasteiger partial charge is 0.251 e. The molecule has 6 nitrogen and oxygen atoms in total. The Hall–Kier alpha value is -2.69. The number of benzene rings is 2. The molecule has 2 N–H and O–H groups in total. The van der Waals surface area contributed by atoms with Gasteiger partial charge in [-0.2, -0.15) is 5.26 Å². The zero-order chi connectivity index (χ0) is 17.6. The second-order valence-electron chi connectivity index (χ2n) is 4.99. The van der Waals surface area contributed by atoms with E-state index in [1.54, 1.807) is 36.4 Å². The highest BCUT2D eigenvalue weighted by molar-refractivity contribution is 7.89. The lowest BCUT2D eigenvalue weighted by Gasteiger charge is -2.09. The van der Waals surface area contributed by atoms with Crippen molar-refractivity contribution in [1.82, 2.24) is 10.0 Å². The molecule has 0 saturated heterocycles. The summed E-state index contributed by atoms with van der Waals surface area (Å²) in [7, 11) is -3.79. The van der Waals surface area contributed by atoms with E-state index in [-0.39, 0.29) is 22.9 Å². The van der Waals surface area contributed by atoms with E-state index in [1.807, 2.05) is 13.0 Å². The van der Waals surface area contributed by atoms with E-state index in [9.17, 15) is 13.2 Å². The van der Waals surface area contributed by atoms with Gasteiger partial charge in [-0.25, -0.2) is 13.1 Å². The number of rotatable bonds is 6. The maximum Gasteiger partial charge on any atom is 0.251 e. The van der Waals surface area contributed by atoms with E-state index in [0.29, 0.717) is 17.7 Å². The number of nitrogens with zero attached hydrogens (tertiary/aromatic N) is 1. The summed E-state index contributed by atoms with van der Waals surface area (Å²) in [4.78, 5) is 11.6. The maximum atomic E-state index is 12.3. The van der Waals surface area contributed by atoms with Crippen LogP contribution in [-0.2, 0) is 16.6 Å². The minimum Gasteiger partial charge on any atom is -0.352 e. The van der Waals surface area contributed by atoms with E-state index < -0.39 is 10.0 Å². The SMILES string of the molecule is CCNC(=O)c1ccc(CNS(=O)(=O)c2ccccc2C#N)cc1. The summed E-state index contributed by atoms with van der Waals surface area (Å²) in [6.45, 7) is 2.44. The van der Waals surface area contributed by atoms with Gasteiger partial charge in [-0.3, -0.25) is 4.79 Å². The van der Waals surface area contributed by atoms with Gasteiger partial charge in [0.2, 0.25) is 10.0 Å². The second kappa shape index (κ2) is 7.73. The molecule has 0 unspecified atom stereocenters. The number of amides is 1. The van der Waals surface area contributed by atoms with Crippen LogP contribution in [0.4, 0.5) is 0 Å². The Morgan fingerprint density at radius 3 is 2.42 bits per heavy atom. The molecule has 0 spiro atoms. The highest BCUT2D eigenvalue weighted by atomic mass is 32.2. The van der Waals surface area contributed by atoms with Gasteiger partial charge in [0.15, 0.2) is 0 Å². The average molecular weight is 343 g/mol. The van der Waals surface area contributed by atoms with Crippen LogP contribution in [0.1, 0.15) is 28.4 Å². The van der Waals surface area contributed by atoms with Crippen molar-refractivity contribution in [3.8, 4) is 6.07 Å². The third-order valence-electron chi connectivity index (χ3n) is 3.32. The lowest BCUT2D eigenvalue weighted by atomic mass is 10.1. The molecule has 1 amide bonds. The molecule has 0 aromatic heterocycles. The molecular formula is C17H17N3O3S. The van der Waals surface area contributed by atoms with E-state index >= 15 is 0 Å². The van der Waals surface area contributed by atoms with Crippen LogP contribution in [0.3, 0.4) is 0 Å². The van der Waals surface area contributed by atoms with Gasteiger partial charge in [-0.1, -0.05) is 24.3 Å². The lowest BCUT2D eigenvalue weighted by molar-refractivity contribution is 0.0956. The molecule has 24 heavy (non-hydrogen) atoms. The van der Waals surface area contributed by atoms with E-state index in [0.717, 1.165) is 0 Å². The molecular weight excluding hydrogens is 326 g/mol. The van der Waals surface area contributed by atoms with Crippen LogP contribution in [0, 0.1) is 11.3 Å².